The van der Waals surface area contributed by atoms with Crippen LogP contribution in [0.1, 0.15) is 4.88 Å². The molecule has 0 aliphatic carbocycles. The number of hydrogen-bond acceptors (Lipinski definition) is 7. The number of ether oxygens (including phenoxy) is 1. The van der Waals surface area contributed by atoms with Crippen LogP contribution in [0.3, 0.4) is 0 Å². The zero-order chi connectivity index (χ0) is 17.9. The van der Waals surface area contributed by atoms with Gasteiger partial charge >= 0.3 is 6.01 Å². The second kappa shape index (κ2) is 6.85. The topological polar surface area (TPSA) is 90.4 Å². The van der Waals surface area contributed by atoms with Crippen LogP contribution >= 0.6 is 11.3 Å². The summed E-state index contributed by atoms with van der Waals surface area (Å²) in [7, 11) is 1.57. The summed E-state index contributed by atoms with van der Waals surface area (Å²) in [5, 5.41) is 13.0. The van der Waals surface area contributed by atoms with Gasteiger partial charge in [-0.15, -0.1) is 16.4 Å². The van der Waals surface area contributed by atoms with E-state index in [-0.39, 0.29) is 17.8 Å². The number of thiophene rings is 1. The summed E-state index contributed by atoms with van der Waals surface area (Å²) in [6.07, 6.45) is 3.12. The van der Waals surface area contributed by atoms with Crippen LogP contribution in [0.15, 0.2) is 56.7 Å². The van der Waals surface area contributed by atoms with E-state index in [1.807, 2.05) is 29.6 Å². The summed E-state index contributed by atoms with van der Waals surface area (Å²) in [5.41, 5.74) is 0.590. The number of carbonyl (C=O) groups excluding carboxylic acids is 1. The molecule has 0 atom stereocenters. The molecule has 26 heavy (non-hydrogen) atoms. The van der Waals surface area contributed by atoms with Crippen LogP contribution in [-0.4, -0.2) is 23.2 Å². The fourth-order valence-corrected chi connectivity index (χ4v) is 2.98. The van der Waals surface area contributed by atoms with Crippen molar-refractivity contribution in [3.63, 3.8) is 0 Å². The van der Waals surface area contributed by atoms with Crippen LogP contribution in [0.25, 0.3) is 28.7 Å². The first-order valence-electron chi connectivity index (χ1n) is 7.66. The highest BCUT2D eigenvalue weighted by Crippen LogP contribution is 2.33. The monoisotopic (exact) mass is 367 g/mol. The SMILES string of the molecule is COc1cccc2cc(-c3nnc(NC(=O)C=Cc4cccs4)o3)oc12. The van der Waals surface area contributed by atoms with Gasteiger partial charge in [0.1, 0.15) is 0 Å². The number of nitrogens with zero attached hydrogens (tertiary/aromatic N) is 2. The zero-order valence-corrected chi connectivity index (χ0v) is 14.4. The lowest BCUT2D eigenvalue weighted by Gasteiger charge is -1.98. The molecule has 8 heteroatoms. The first-order valence-corrected chi connectivity index (χ1v) is 8.54. The summed E-state index contributed by atoms with van der Waals surface area (Å²) >= 11 is 1.54. The molecule has 130 valence electrons. The van der Waals surface area contributed by atoms with Crippen LogP contribution in [-0.2, 0) is 4.79 Å². The van der Waals surface area contributed by atoms with Crippen molar-refractivity contribution >= 4 is 40.3 Å². The third-order valence-electron chi connectivity index (χ3n) is 3.54. The summed E-state index contributed by atoms with van der Waals surface area (Å²) in [5.74, 6) is 0.813. The van der Waals surface area contributed by atoms with E-state index in [0.29, 0.717) is 17.1 Å². The second-order valence-electron chi connectivity index (χ2n) is 5.24. The van der Waals surface area contributed by atoms with Crippen molar-refractivity contribution in [2.24, 2.45) is 0 Å². The Morgan fingerprint density at radius 2 is 2.15 bits per heavy atom. The molecular formula is C18H13N3O4S. The number of methoxy groups -OCH3 is 1. The Labute approximate surface area is 151 Å². The van der Waals surface area contributed by atoms with Gasteiger partial charge in [0.15, 0.2) is 17.1 Å². The number of hydrogen-bond donors (Lipinski definition) is 1. The lowest BCUT2D eigenvalue weighted by molar-refractivity contribution is -0.112. The molecule has 0 radical (unpaired) electrons. The first kappa shape index (κ1) is 16.1. The maximum atomic E-state index is 11.9. The highest BCUT2D eigenvalue weighted by Gasteiger charge is 2.16. The molecule has 7 nitrogen and oxygen atoms in total. The van der Waals surface area contributed by atoms with E-state index in [0.717, 1.165) is 10.3 Å². The second-order valence-corrected chi connectivity index (χ2v) is 6.22. The van der Waals surface area contributed by atoms with Gasteiger partial charge in [-0.1, -0.05) is 23.3 Å². The van der Waals surface area contributed by atoms with Gasteiger partial charge in [-0.25, -0.2) is 0 Å². The lowest BCUT2D eigenvalue weighted by Crippen LogP contribution is -2.07. The number of carbonyl (C=O) groups is 1. The van der Waals surface area contributed by atoms with Gasteiger partial charge in [0.2, 0.25) is 0 Å². The van der Waals surface area contributed by atoms with E-state index in [1.54, 1.807) is 25.3 Å². The fraction of sp³-hybridized carbons (Fsp3) is 0.0556. The Morgan fingerprint density at radius 1 is 1.23 bits per heavy atom. The van der Waals surface area contributed by atoms with Crippen LogP contribution < -0.4 is 10.1 Å². The summed E-state index contributed by atoms with van der Waals surface area (Å²) in [6, 6.07) is 11.1. The molecule has 0 aliphatic heterocycles. The predicted molar refractivity (Wildman–Crippen MR) is 98.0 cm³/mol. The van der Waals surface area contributed by atoms with Gasteiger partial charge in [-0.05, 0) is 29.7 Å². The van der Waals surface area contributed by atoms with Crippen molar-refractivity contribution in [3.8, 4) is 17.4 Å². The number of fused-ring (bicyclic) bond motifs is 1. The van der Waals surface area contributed by atoms with Crippen LogP contribution in [0.5, 0.6) is 5.75 Å². The van der Waals surface area contributed by atoms with Crippen LogP contribution in [0.2, 0.25) is 0 Å². The fourth-order valence-electron chi connectivity index (χ4n) is 2.37. The number of furan rings is 1. The number of rotatable bonds is 5. The summed E-state index contributed by atoms with van der Waals surface area (Å²) in [4.78, 5) is 12.9. The van der Waals surface area contributed by atoms with Crippen molar-refractivity contribution in [1.82, 2.24) is 10.2 Å². The van der Waals surface area contributed by atoms with Gasteiger partial charge in [0.05, 0.1) is 7.11 Å². The van der Waals surface area contributed by atoms with Gasteiger partial charge in [0, 0.05) is 16.3 Å². The molecule has 1 N–H and O–H groups in total. The lowest BCUT2D eigenvalue weighted by atomic mass is 10.2. The van der Waals surface area contributed by atoms with E-state index >= 15 is 0 Å². The highest BCUT2D eigenvalue weighted by atomic mass is 32.1. The Bertz CT molecular complexity index is 1080. The van der Waals surface area contributed by atoms with Gasteiger partial charge < -0.3 is 13.6 Å². The Kier molecular flexibility index (Phi) is 4.24. The smallest absolute Gasteiger partial charge is 0.322 e. The molecule has 0 bridgehead atoms. The molecule has 0 fully saturated rings. The third-order valence-corrected chi connectivity index (χ3v) is 4.37. The van der Waals surface area contributed by atoms with E-state index in [2.05, 4.69) is 15.5 Å². The minimum absolute atomic E-state index is 0.00625. The van der Waals surface area contributed by atoms with E-state index < -0.39 is 0 Å². The molecular weight excluding hydrogens is 354 g/mol. The van der Waals surface area contributed by atoms with Gasteiger partial charge in [-0.3, -0.25) is 10.1 Å². The molecule has 3 heterocycles. The minimum Gasteiger partial charge on any atom is -0.493 e. The van der Waals surface area contributed by atoms with Crippen molar-refractivity contribution in [2.45, 2.75) is 0 Å². The number of aromatic nitrogens is 2. The van der Waals surface area contributed by atoms with Crippen molar-refractivity contribution in [2.75, 3.05) is 12.4 Å². The highest BCUT2D eigenvalue weighted by molar-refractivity contribution is 7.10. The largest absolute Gasteiger partial charge is 0.493 e. The van der Waals surface area contributed by atoms with E-state index in [9.17, 15) is 4.79 Å². The maximum absolute atomic E-state index is 11.9. The molecule has 3 aromatic heterocycles. The van der Waals surface area contributed by atoms with Crippen molar-refractivity contribution < 1.29 is 18.4 Å². The molecule has 0 unspecified atom stereocenters. The zero-order valence-electron chi connectivity index (χ0n) is 13.6. The number of nitrogens with one attached hydrogen (secondary N) is 1. The molecule has 1 aromatic carbocycles. The van der Waals surface area contributed by atoms with Crippen molar-refractivity contribution in [3.05, 3.63) is 52.7 Å². The Morgan fingerprint density at radius 3 is 2.96 bits per heavy atom. The quantitative estimate of drug-likeness (QED) is 0.532. The average Bonchev–Trinajstić information content (AvgIpc) is 3.39. The number of anilines is 1. The van der Waals surface area contributed by atoms with E-state index in [1.165, 1.54) is 17.4 Å². The maximum Gasteiger partial charge on any atom is 0.322 e. The number of amides is 1. The molecule has 4 rings (SSSR count). The molecule has 0 saturated heterocycles. The van der Waals surface area contributed by atoms with Gasteiger partial charge in [0.25, 0.3) is 11.8 Å². The molecule has 1 amide bonds. The normalized spacial score (nSPS) is 11.3. The summed E-state index contributed by atoms with van der Waals surface area (Å²) in [6.45, 7) is 0. The van der Waals surface area contributed by atoms with Crippen molar-refractivity contribution in [1.29, 1.82) is 0 Å². The third kappa shape index (κ3) is 3.22. The van der Waals surface area contributed by atoms with Gasteiger partial charge in [-0.2, -0.15) is 0 Å². The van der Waals surface area contributed by atoms with Crippen LogP contribution in [0.4, 0.5) is 6.01 Å². The van der Waals surface area contributed by atoms with Crippen LogP contribution in [0, 0.1) is 0 Å². The predicted octanol–water partition coefficient (Wildman–Crippen LogP) is 4.20. The molecule has 0 spiro atoms. The number of benzene rings is 1. The Balaban J connectivity index is 1.52. The minimum atomic E-state index is -0.361. The van der Waals surface area contributed by atoms with E-state index in [4.69, 9.17) is 13.6 Å². The molecule has 0 aliphatic rings. The Hall–Kier alpha value is -3.39. The standard InChI is InChI=1S/C18H13N3O4S/c1-23-13-6-2-4-11-10-14(24-16(11)13)17-20-21-18(25-17)19-15(22)8-7-12-5-3-9-26-12/h2-10H,1H3,(H,19,21,22). The summed E-state index contributed by atoms with van der Waals surface area (Å²) < 4.78 is 16.5. The number of para-hydroxylation sites is 1. The average molecular weight is 367 g/mol. The molecule has 4 aromatic rings. The molecule has 0 saturated carbocycles. The first-order chi connectivity index (χ1) is 12.7.